The van der Waals surface area contributed by atoms with Gasteiger partial charge in [-0.15, -0.1) is 0 Å². The summed E-state index contributed by atoms with van der Waals surface area (Å²) in [4.78, 5) is 1.94. The van der Waals surface area contributed by atoms with Crippen LogP contribution in [0.3, 0.4) is 0 Å². The highest BCUT2D eigenvalue weighted by molar-refractivity contribution is 5.55. The van der Waals surface area contributed by atoms with Crippen molar-refractivity contribution in [3.8, 4) is 6.07 Å². The summed E-state index contributed by atoms with van der Waals surface area (Å²) < 4.78 is 43.8. The standard InChI is InChI=1S/C14H15F3N2O/c1-13(2)9-19(5-6-20-13)11-3-4-12(14(15,16)17)10(7-11)8-18/h3-4,7H,5-6,9H2,1-2H3. The summed E-state index contributed by atoms with van der Waals surface area (Å²) in [6.07, 6.45) is -4.51. The second kappa shape index (κ2) is 4.98. The summed E-state index contributed by atoms with van der Waals surface area (Å²) in [5, 5.41) is 8.91. The van der Waals surface area contributed by atoms with Crippen LogP contribution in [0.1, 0.15) is 25.0 Å². The largest absolute Gasteiger partial charge is 0.417 e. The molecular weight excluding hydrogens is 269 g/mol. The van der Waals surface area contributed by atoms with E-state index in [9.17, 15) is 13.2 Å². The lowest BCUT2D eigenvalue weighted by Crippen LogP contribution is -2.48. The summed E-state index contributed by atoms with van der Waals surface area (Å²) >= 11 is 0. The van der Waals surface area contributed by atoms with Gasteiger partial charge in [-0.2, -0.15) is 18.4 Å². The first-order valence-electron chi connectivity index (χ1n) is 6.23. The number of ether oxygens (including phenoxy) is 1. The molecule has 0 aliphatic carbocycles. The smallest absolute Gasteiger partial charge is 0.372 e. The van der Waals surface area contributed by atoms with Gasteiger partial charge in [0.2, 0.25) is 0 Å². The molecule has 0 unspecified atom stereocenters. The zero-order valence-corrected chi connectivity index (χ0v) is 11.3. The maximum atomic E-state index is 12.7. The molecule has 108 valence electrons. The van der Waals surface area contributed by atoms with E-state index in [1.54, 1.807) is 6.07 Å². The second-order valence-electron chi connectivity index (χ2n) is 5.37. The van der Waals surface area contributed by atoms with Crippen molar-refractivity contribution in [3.63, 3.8) is 0 Å². The third kappa shape index (κ3) is 3.05. The highest BCUT2D eigenvalue weighted by Crippen LogP contribution is 2.34. The van der Waals surface area contributed by atoms with Crippen LogP contribution in [-0.4, -0.2) is 25.3 Å². The monoisotopic (exact) mass is 284 g/mol. The van der Waals surface area contributed by atoms with Gasteiger partial charge >= 0.3 is 6.18 Å². The van der Waals surface area contributed by atoms with Crippen LogP contribution in [0, 0.1) is 11.3 Å². The number of anilines is 1. The molecule has 0 saturated carbocycles. The number of hydrogen-bond donors (Lipinski definition) is 0. The number of halogens is 3. The maximum absolute atomic E-state index is 12.7. The van der Waals surface area contributed by atoms with E-state index in [1.165, 1.54) is 12.1 Å². The Kier molecular flexibility index (Phi) is 3.65. The summed E-state index contributed by atoms with van der Waals surface area (Å²) in [5.74, 6) is 0. The number of hydrogen-bond acceptors (Lipinski definition) is 3. The van der Waals surface area contributed by atoms with E-state index < -0.39 is 11.7 Å². The SMILES string of the molecule is CC1(C)CN(c2ccc(C(F)(F)F)c(C#N)c2)CCO1. The third-order valence-corrected chi connectivity index (χ3v) is 3.22. The van der Waals surface area contributed by atoms with Crippen molar-refractivity contribution in [2.75, 3.05) is 24.6 Å². The molecule has 1 fully saturated rings. The number of alkyl halides is 3. The van der Waals surface area contributed by atoms with Gasteiger partial charge in [-0.1, -0.05) is 0 Å². The van der Waals surface area contributed by atoms with Crippen LogP contribution < -0.4 is 4.90 Å². The van der Waals surface area contributed by atoms with Crippen molar-refractivity contribution in [3.05, 3.63) is 29.3 Å². The summed E-state index contributed by atoms with van der Waals surface area (Å²) in [6.45, 7) is 5.53. The van der Waals surface area contributed by atoms with E-state index in [0.717, 1.165) is 6.07 Å². The molecule has 2 rings (SSSR count). The number of rotatable bonds is 1. The number of benzene rings is 1. The minimum atomic E-state index is -4.51. The summed E-state index contributed by atoms with van der Waals surface area (Å²) in [5.41, 5.74) is -0.977. The molecule has 1 aliphatic rings. The van der Waals surface area contributed by atoms with Crippen LogP contribution in [0.2, 0.25) is 0 Å². The normalized spacial score (nSPS) is 18.7. The van der Waals surface area contributed by atoms with E-state index >= 15 is 0 Å². The first kappa shape index (κ1) is 14.7. The van der Waals surface area contributed by atoms with Gasteiger partial charge in [0, 0.05) is 18.8 Å². The Labute approximate surface area is 115 Å². The van der Waals surface area contributed by atoms with Crippen LogP contribution in [-0.2, 0) is 10.9 Å². The molecule has 1 heterocycles. The van der Waals surface area contributed by atoms with Gasteiger partial charge in [0.1, 0.15) is 0 Å². The molecular formula is C14H15F3N2O. The molecule has 0 atom stereocenters. The Morgan fingerprint density at radius 1 is 1.35 bits per heavy atom. The minimum absolute atomic E-state index is 0.348. The molecule has 1 saturated heterocycles. The molecule has 0 spiro atoms. The average Bonchev–Trinajstić information content (AvgIpc) is 2.35. The minimum Gasteiger partial charge on any atom is -0.372 e. The Hall–Kier alpha value is -1.74. The Morgan fingerprint density at radius 2 is 2.05 bits per heavy atom. The van der Waals surface area contributed by atoms with Crippen molar-refractivity contribution in [1.82, 2.24) is 0 Å². The second-order valence-corrected chi connectivity index (χ2v) is 5.37. The lowest BCUT2D eigenvalue weighted by Gasteiger charge is -2.39. The van der Waals surface area contributed by atoms with E-state index in [4.69, 9.17) is 10.00 Å². The first-order valence-corrected chi connectivity index (χ1v) is 6.23. The van der Waals surface area contributed by atoms with Gasteiger partial charge in [-0.25, -0.2) is 0 Å². The molecule has 0 aromatic heterocycles. The summed E-state index contributed by atoms with van der Waals surface area (Å²) in [7, 11) is 0. The van der Waals surface area contributed by atoms with Crippen LogP contribution in [0.5, 0.6) is 0 Å². The molecule has 0 N–H and O–H groups in total. The van der Waals surface area contributed by atoms with Crippen molar-refractivity contribution in [1.29, 1.82) is 5.26 Å². The quantitative estimate of drug-likeness (QED) is 0.794. The molecule has 1 aromatic carbocycles. The van der Waals surface area contributed by atoms with Gasteiger partial charge in [0.15, 0.2) is 0 Å². The topological polar surface area (TPSA) is 36.3 Å². The maximum Gasteiger partial charge on any atom is 0.417 e. The highest BCUT2D eigenvalue weighted by Gasteiger charge is 2.34. The van der Waals surface area contributed by atoms with Crippen molar-refractivity contribution in [2.45, 2.75) is 25.6 Å². The zero-order chi connectivity index (χ0) is 15.0. The van der Waals surface area contributed by atoms with E-state index in [-0.39, 0.29) is 11.2 Å². The lowest BCUT2D eigenvalue weighted by atomic mass is 10.0. The van der Waals surface area contributed by atoms with E-state index in [1.807, 2.05) is 18.7 Å². The van der Waals surface area contributed by atoms with Crippen molar-refractivity contribution in [2.24, 2.45) is 0 Å². The first-order chi connectivity index (χ1) is 9.23. The Balaban J connectivity index is 2.33. The van der Waals surface area contributed by atoms with Gasteiger partial charge < -0.3 is 9.64 Å². The molecule has 0 bridgehead atoms. The van der Waals surface area contributed by atoms with Crippen molar-refractivity contribution < 1.29 is 17.9 Å². The number of nitrogens with zero attached hydrogens (tertiary/aromatic N) is 2. The van der Waals surface area contributed by atoms with E-state index in [0.29, 0.717) is 25.4 Å². The Morgan fingerprint density at radius 3 is 2.60 bits per heavy atom. The number of nitriles is 1. The lowest BCUT2D eigenvalue weighted by molar-refractivity contribution is -0.137. The Bertz CT molecular complexity index is 546. The summed E-state index contributed by atoms with van der Waals surface area (Å²) in [6, 6.07) is 5.30. The average molecular weight is 284 g/mol. The van der Waals surface area contributed by atoms with Gasteiger partial charge in [-0.3, -0.25) is 0 Å². The molecule has 20 heavy (non-hydrogen) atoms. The fraction of sp³-hybridized carbons (Fsp3) is 0.500. The van der Waals surface area contributed by atoms with E-state index in [2.05, 4.69) is 0 Å². The van der Waals surface area contributed by atoms with Crippen molar-refractivity contribution >= 4 is 5.69 Å². The van der Waals surface area contributed by atoms with Gasteiger partial charge in [0.05, 0.1) is 29.4 Å². The molecule has 1 aliphatic heterocycles. The molecule has 3 nitrogen and oxygen atoms in total. The third-order valence-electron chi connectivity index (χ3n) is 3.22. The van der Waals surface area contributed by atoms with Crippen LogP contribution in [0.4, 0.5) is 18.9 Å². The molecule has 1 aromatic rings. The highest BCUT2D eigenvalue weighted by atomic mass is 19.4. The fourth-order valence-electron chi connectivity index (χ4n) is 2.31. The zero-order valence-electron chi connectivity index (χ0n) is 11.3. The predicted molar refractivity (Wildman–Crippen MR) is 68.4 cm³/mol. The van der Waals surface area contributed by atoms with Gasteiger partial charge in [0.25, 0.3) is 0 Å². The molecule has 0 amide bonds. The molecule has 6 heteroatoms. The number of morpholine rings is 1. The fourth-order valence-corrected chi connectivity index (χ4v) is 2.31. The van der Waals surface area contributed by atoms with Crippen LogP contribution in [0.15, 0.2) is 18.2 Å². The van der Waals surface area contributed by atoms with Gasteiger partial charge in [-0.05, 0) is 32.0 Å². The van der Waals surface area contributed by atoms with Crippen LogP contribution in [0.25, 0.3) is 0 Å². The predicted octanol–water partition coefficient (Wildman–Crippen LogP) is 3.19. The molecule has 0 radical (unpaired) electrons. The van der Waals surface area contributed by atoms with Crippen LogP contribution >= 0.6 is 0 Å².